The third kappa shape index (κ3) is 3.30. The molecule has 1 saturated heterocycles. The first-order chi connectivity index (χ1) is 12.0. The van der Waals surface area contributed by atoms with E-state index in [0.29, 0.717) is 42.2 Å². The molecule has 1 aromatic carbocycles. The van der Waals surface area contributed by atoms with Crippen LogP contribution in [-0.4, -0.2) is 48.6 Å². The van der Waals surface area contributed by atoms with Crippen molar-refractivity contribution >= 4 is 11.9 Å². The SMILES string of the molecule is COC(=O)c1c(C)[nH]c(C(=O)N2CCO[C@H](c3ccccc3)C2)c1C. The highest BCUT2D eigenvalue weighted by Crippen LogP contribution is 2.25. The molecule has 6 nitrogen and oxygen atoms in total. The summed E-state index contributed by atoms with van der Waals surface area (Å²) in [6, 6.07) is 9.87. The number of esters is 1. The number of methoxy groups -OCH3 is 1. The molecule has 1 aliphatic rings. The minimum absolute atomic E-state index is 0.125. The first-order valence-electron chi connectivity index (χ1n) is 8.26. The number of aromatic nitrogens is 1. The number of aryl methyl sites for hydroxylation is 1. The molecule has 2 aromatic rings. The molecule has 1 N–H and O–H groups in total. The molecule has 0 saturated carbocycles. The Morgan fingerprint density at radius 1 is 1.24 bits per heavy atom. The number of morpholine rings is 1. The maximum absolute atomic E-state index is 13.0. The smallest absolute Gasteiger partial charge is 0.339 e. The van der Waals surface area contributed by atoms with E-state index in [4.69, 9.17) is 9.47 Å². The maximum Gasteiger partial charge on any atom is 0.339 e. The topological polar surface area (TPSA) is 71.6 Å². The minimum Gasteiger partial charge on any atom is -0.465 e. The van der Waals surface area contributed by atoms with Gasteiger partial charge in [-0.25, -0.2) is 4.79 Å². The van der Waals surface area contributed by atoms with Crippen LogP contribution in [0.15, 0.2) is 30.3 Å². The highest BCUT2D eigenvalue weighted by atomic mass is 16.5. The Bertz CT molecular complexity index is 782. The van der Waals surface area contributed by atoms with Crippen molar-refractivity contribution in [3.05, 3.63) is 58.4 Å². The summed E-state index contributed by atoms with van der Waals surface area (Å²) in [6.45, 7) is 5.01. The van der Waals surface area contributed by atoms with Crippen LogP contribution in [0.4, 0.5) is 0 Å². The zero-order valence-electron chi connectivity index (χ0n) is 14.7. The number of nitrogens with zero attached hydrogens (tertiary/aromatic N) is 1. The van der Waals surface area contributed by atoms with Crippen molar-refractivity contribution in [2.45, 2.75) is 20.0 Å². The number of rotatable bonds is 3. The number of carbonyl (C=O) groups excluding carboxylic acids is 2. The third-order valence-electron chi connectivity index (χ3n) is 4.57. The van der Waals surface area contributed by atoms with E-state index < -0.39 is 5.97 Å². The van der Waals surface area contributed by atoms with Crippen molar-refractivity contribution in [3.63, 3.8) is 0 Å². The molecular weight excluding hydrogens is 320 g/mol. The molecule has 1 aromatic heterocycles. The Kier molecular flexibility index (Phi) is 4.90. The lowest BCUT2D eigenvalue weighted by atomic mass is 10.1. The highest BCUT2D eigenvalue weighted by Gasteiger charge is 2.30. The van der Waals surface area contributed by atoms with Gasteiger partial charge < -0.3 is 19.4 Å². The summed E-state index contributed by atoms with van der Waals surface area (Å²) in [5.41, 5.74) is 3.18. The molecule has 0 bridgehead atoms. The van der Waals surface area contributed by atoms with Gasteiger partial charge in [-0.05, 0) is 25.0 Å². The van der Waals surface area contributed by atoms with Crippen molar-refractivity contribution in [2.75, 3.05) is 26.8 Å². The van der Waals surface area contributed by atoms with Gasteiger partial charge in [-0.15, -0.1) is 0 Å². The highest BCUT2D eigenvalue weighted by molar-refractivity contribution is 6.00. The Balaban J connectivity index is 1.82. The van der Waals surface area contributed by atoms with E-state index in [1.54, 1.807) is 18.7 Å². The maximum atomic E-state index is 13.0. The minimum atomic E-state index is -0.436. The quantitative estimate of drug-likeness (QED) is 0.871. The Hall–Kier alpha value is -2.60. The molecule has 0 radical (unpaired) electrons. The van der Waals surface area contributed by atoms with Gasteiger partial charge in [-0.2, -0.15) is 0 Å². The van der Waals surface area contributed by atoms with Crippen LogP contribution < -0.4 is 0 Å². The fraction of sp³-hybridized carbons (Fsp3) is 0.368. The number of benzene rings is 1. The lowest BCUT2D eigenvalue weighted by molar-refractivity contribution is -0.0230. The molecule has 1 amide bonds. The largest absolute Gasteiger partial charge is 0.465 e. The molecule has 1 fully saturated rings. The Morgan fingerprint density at radius 3 is 2.64 bits per heavy atom. The number of aromatic amines is 1. The molecule has 0 spiro atoms. The van der Waals surface area contributed by atoms with Gasteiger partial charge in [0.05, 0.1) is 25.8 Å². The lowest BCUT2D eigenvalue weighted by Crippen LogP contribution is -2.42. The van der Waals surface area contributed by atoms with E-state index in [-0.39, 0.29) is 12.0 Å². The van der Waals surface area contributed by atoms with Gasteiger partial charge in [0, 0.05) is 12.2 Å². The van der Waals surface area contributed by atoms with E-state index in [1.165, 1.54) is 7.11 Å². The van der Waals surface area contributed by atoms with Crippen molar-refractivity contribution in [3.8, 4) is 0 Å². The monoisotopic (exact) mass is 342 g/mol. The van der Waals surface area contributed by atoms with E-state index in [0.717, 1.165) is 5.56 Å². The second-order valence-corrected chi connectivity index (χ2v) is 6.14. The predicted octanol–water partition coefficient (Wildman–Crippen LogP) is 2.63. The number of nitrogens with one attached hydrogen (secondary N) is 1. The van der Waals surface area contributed by atoms with Gasteiger partial charge in [0.1, 0.15) is 11.8 Å². The predicted molar refractivity (Wildman–Crippen MR) is 92.6 cm³/mol. The van der Waals surface area contributed by atoms with Crippen molar-refractivity contribution < 1.29 is 19.1 Å². The summed E-state index contributed by atoms with van der Waals surface area (Å²) >= 11 is 0. The normalized spacial score (nSPS) is 17.4. The fourth-order valence-corrected chi connectivity index (χ4v) is 3.23. The van der Waals surface area contributed by atoms with Crippen LogP contribution >= 0.6 is 0 Å². The molecule has 25 heavy (non-hydrogen) atoms. The molecule has 0 aliphatic carbocycles. The van der Waals surface area contributed by atoms with Crippen molar-refractivity contribution in [1.82, 2.24) is 9.88 Å². The second-order valence-electron chi connectivity index (χ2n) is 6.14. The molecule has 3 rings (SSSR count). The number of H-pyrrole nitrogens is 1. The molecule has 1 atom stereocenters. The van der Waals surface area contributed by atoms with Crippen LogP contribution in [-0.2, 0) is 9.47 Å². The summed E-state index contributed by atoms with van der Waals surface area (Å²) < 4.78 is 10.6. The van der Waals surface area contributed by atoms with Crippen molar-refractivity contribution in [1.29, 1.82) is 0 Å². The van der Waals surface area contributed by atoms with Crippen molar-refractivity contribution in [2.24, 2.45) is 0 Å². The molecule has 6 heteroatoms. The molecule has 2 heterocycles. The van der Waals surface area contributed by atoms with E-state index in [1.807, 2.05) is 30.3 Å². The van der Waals surface area contributed by atoms with Gasteiger partial charge in [0.2, 0.25) is 0 Å². The molecule has 0 unspecified atom stereocenters. The zero-order chi connectivity index (χ0) is 18.0. The summed E-state index contributed by atoms with van der Waals surface area (Å²) in [4.78, 5) is 29.7. The van der Waals surface area contributed by atoms with Gasteiger partial charge >= 0.3 is 5.97 Å². The van der Waals surface area contributed by atoms with E-state index in [9.17, 15) is 9.59 Å². The van der Waals surface area contributed by atoms with Crippen LogP contribution in [0, 0.1) is 13.8 Å². The van der Waals surface area contributed by atoms with Crippen LogP contribution in [0.5, 0.6) is 0 Å². The van der Waals surface area contributed by atoms with Gasteiger partial charge in [-0.1, -0.05) is 30.3 Å². The Morgan fingerprint density at radius 2 is 1.96 bits per heavy atom. The standard InChI is InChI=1S/C19H22N2O4/c1-12-16(19(23)24-3)13(2)20-17(12)18(22)21-9-10-25-15(11-21)14-7-5-4-6-8-14/h4-8,15,20H,9-11H2,1-3H3/t15-/m0/s1. The summed E-state index contributed by atoms with van der Waals surface area (Å²) in [6.07, 6.45) is -0.143. The summed E-state index contributed by atoms with van der Waals surface area (Å²) in [7, 11) is 1.34. The number of ether oxygens (including phenoxy) is 2. The number of amides is 1. The van der Waals surface area contributed by atoms with Gasteiger partial charge in [0.15, 0.2) is 0 Å². The van der Waals surface area contributed by atoms with Crippen LogP contribution in [0.1, 0.15) is 43.8 Å². The fourth-order valence-electron chi connectivity index (χ4n) is 3.23. The van der Waals surface area contributed by atoms with Crippen LogP contribution in [0.2, 0.25) is 0 Å². The number of hydrogen-bond donors (Lipinski definition) is 1. The van der Waals surface area contributed by atoms with E-state index >= 15 is 0 Å². The van der Waals surface area contributed by atoms with Gasteiger partial charge in [-0.3, -0.25) is 4.79 Å². The van der Waals surface area contributed by atoms with Gasteiger partial charge in [0.25, 0.3) is 5.91 Å². The third-order valence-corrected chi connectivity index (χ3v) is 4.57. The number of hydrogen-bond acceptors (Lipinski definition) is 4. The number of carbonyl (C=O) groups is 2. The van der Waals surface area contributed by atoms with Crippen LogP contribution in [0.3, 0.4) is 0 Å². The molecule has 132 valence electrons. The molecule has 1 aliphatic heterocycles. The molecular formula is C19H22N2O4. The van der Waals surface area contributed by atoms with E-state index in [2.05, 4.69) is 4.98 Å². The zero-order valence-corrected chi connectivity index (χ0v) is 14.7. The lowest BCUT2D eigenvalue weighted by Gasteiger charge is -2.33. The first kappa shape index (κ1) is 17.2. The Labute approximate surface area is 146 Å². The summed E-state index contributed by atoms with van der Waals surface area (Å²) in [5.74, 6) is -0.561. The second kappa shape index (κ2) is 7.11. The first-order valence-corrected chi connectivity index (χ1v) is 8.26. The summed E-state index contributed by atoms with van der Waals surface area (Å²) in [5, 5.41) is 0. The average molecular weight is 342 g/mol. The van der Waals surface area contributed by atoms with Crippen LogP contribution in [0.25, 0.3) is 0 Å². The average Bonchev–Trinajstić information content (AvgIpc) is 2.95.